The van der Waals surface area contributed by atoms with Crippen LogP contribution < -0.4 is 10.6 Å². The number of carbonyl (C=O) groups is 4. The third-order valence-corrected chi connectivity index (χ3v) is 12.7. The van der Waals surface area contributed by atoms with E-state index in [1.165, 1.54) is 14.2 Å². The number of methoxy groups -OCH3 is 2. The van der Waals surface area contributed by atoms with Gasteiger partial charge in [0.1, 0.15) is 23.7 Å². The summed E-state index contributed by atoms with van der Waals surface area (Å²) in [5.41, 5.74) is 5.95. The minimum absolute atomic E-state index is 0.0339. The van der Waals surface area contributed by atoms with Gasteiger partial charge in [-0.3, -0.25) is 14.6 Å². The van der Waals surface area contributed by atoms with Gasteiger partial charge in [0.2, 0.25) is 5.91 Å². The number of nitrogens with one attached hydrogen (secondary N) is 4. The van der Waals surface area contributed by atoms with Gasteiger partial charge in [-0.15, -0.1) is 0 Å². The van der Waals surface area contributed by atoms with E-state index in [1.54, 1.807) is 11.1 Å². The number of carbonyl (C=O) groups excluding carboxylic acids is 4. The van der Waals surface area contributed by atoms with Crippen molar-refractivity contribution in [2.24, 2.45) is 5.92 Å². The summed E-state index contributed by atoms with van der Waals surface area (Å²) < 4.78 is 15.2. The van der Waals surface area contributed by atoms with Crippen LogP contribution in [0.15, 0.2) is 97.5 Å². The summed E-state index contributed by atoms with van der Waals surface area (Å²) in [6, 6.07) is 23.6. The van der Waals surface area contributed by atoms with Crippen molar-refractivity contribution >= 4 is 34.8 Å². The van der Waals surface area contributed by atoms with Crippen LogP contribution in [0.25, 0.3) is 44.5 Å². The molecule has 3 aliphatic heterocycles. The molecule has 0 saturated carbocycles. The normalized spacial score (nSPS) is 18.7. The van der Waals surface area contributed by atoms with Gasteiger partial charge in [-0.2, -0.15) is 0 Å². The van der Waals surface area contributed by atoms with Crippen molar-refractivity contribution in [1.29, 1.82) is 0 Å². The lowest BCUT2D eigenvalue weighted by molar-refractivity contribution is -0.137. The molecule has 3 saturated heterocycles. The van der Waals surface area contributed by atoms with Crippen LogP contribution in [0.4, 0.5) is 9.59 Å². The number of ether oxygens (including phenoxy) is 3. The summed E-state index contributed by atoms with van der Waals surface area (Å²) in [6.07, 6.45) is 8.64. The highest BCUT2D eigenvalue weighted by molar-refractivity contribution is 5.91. The van der Waals surface area contributed by atoms with E-state index in [1.807, 2.05) is 59.8 Å². The van der Waals surface area contributed by atoms with Gasteiger partial charge in [0, 0.05) is 43.6 Å². The number of imidazole rings is 2. The van der Waals surface area contributed by atoms with Crippen molar-refractivity contribution < 1.29 is 33.4 Å². The van der Waals surface area contributed by atoms with Gasteiger partial charge in [0.25, 0.3) is 5.91 Å². The smallest absolute Gasteiger partial charge is 0.407 e. The maximum atomic E-state index is 14.0. The molecule has 6 aromatic rings. The Labute approximate surface area is 370 Å². The maximum absolute atomic E-state index is 14.0. The molecule has 3 aromatic carbocycles. The van der Waals surface area contributed by atoms with Crippen molar-refractivity contribution in [2.75, 3.05) is 40.5 Å². The number of hydrogen-bond acceptors (Lipinski definition) is 10. The molecule has 16 nitrogen and oxygen atoms in total. The van der Waals surface area contributed by atoms with Gasteiger partial charge in [-0.1, -0.05) is 60.7 Å². The molecule has 6 heterocycles. The van der Waals surface area contributed by atoms with Crippen molar-refractivity contribution in [1.82, 2.24) is 45.4 Å². The fourth-order valence-electron chi connectivity index (χ4n) is 9.31. The molecule has 16 heteroatoms. The van der Waals surface area contributed by atoms with E-state index in [2.05, 4.69) is 62.0 Å². The van der Waals surface area contributed by atoms with Gasteiger partial charge >= 0.3 is 12.2 Å². The first-order valence-electron chi connectivity index (χ1n) is 21.8. The molecule has 3 aliphatic rings. The van der Waals surface area contributed by atoms with E-state index in [9.17, 15) is 19.2 Å². The lowest BCUT2D eigenvalue weighted by Crippen LogP contribution is -2.53. The zero-order valence-corrected chi connectivity index (χ0v) is 35.8. The average molecular weight is 866 g/mol. The molecule has 64 heavy (non-hydrogen) atoms. The molecule has 4 unspecified atom stereocenters. The Kier molecular flexibility index (Phi) is 12.4. The van der Waals surface area contributed by atoms with E-state index >= 15 is 0 Å². The monoisotopic (exact) mass is 865 g/mol. The van der Waals surface area contributed by atoms with Crippen molar-refractivity contribution in [3.05, 3.63) is 115 Å². The third kappa shape index (κ3) is 8.78. The van der Waals surface area contributed by atoms with Crippen LogP contribution >= 0.6 is 0 Å². The summed E-state index contributed by atoms with van der Waals surface area (Å²) in [6.45, 7) is 2.23. The second-order valence-corrected chi connectivity index (χ2v) is 16.5. The quantitative estimate of drug-likeness (QED) is 0.103. The zero-order chi connectivity index (χ0) is 44.2. The number of likely N-dealkylation sites (tertiary alicyclic amines) is 2. The summed E-state index contributed by atoms with van der Waals surface area (Å²) in [4.78, 5) is 77.2. The molecular weight excluding hydrogens is 815 g/mol. The highest BCUT2D eigenvalue weighted by Gasteiger charge is 2.40. The fraction of sp³-hybridized carbons (Fsp3) is 0.354. The summed E-state index contributed by atoms with van der Waals surface area (Å²) in [5, 5.41) is 7.66. The Morgan fingerprint density at radius 3 is 1.91 bits per heavy atom. The molecule has 330 valence electrons. The van der Waals surface area contributed by atoms with Crippen molar-refractivity contribution in [3.8, 4) is 33.8 Å². The molecule has 4 N–H and O–H groups in total. The first-order valence-corrected chi connectivity index (χ1v) is 21.8. The van der Waals surface area contributed by atoms with Crippen LogP contribution in [0.1, 0.15) is 73.9 Å². The Balaban J connectivity index is 0.868. The number of nitrogens with zero attached hydrogens (tertiary/aromatic N) is 5. The predicted octanol–water partition coefficient (Wildman–Crippen LogP) is 7.26. The van der Waals surface area contributed by atoms with E-state index < -0.39 is 24.3 Å². The van der Waals surface area contributed by atoms with Crippen LogP contribution in [0.5, 0.6) is 0 Å². The van der Waals surface area contributed by atoms with Crippen LogP contribution in [0.3, 0.4) is 0 Å². The largest absolute Gasteiger partial charge is 0.453 e. The van der Waals surface area contributed by atoms with Gasteiger partial charge < -0.3 is 44.6 Å². The van der Waals surface area contributed by atoms with Gasteiger partial charge in [-0.25, -0.2) is 19.6 Å². The molecule has 0 bridgehead atoms. The molecule has 4 atom stereocenters. The fourth-order valence-corrected chi connectivity index (χ4v) is 9.31. The molecule has 3 fully saturated rings. The Morgan fingerprint density at radius 1 is 0.656 bits per heavy atom. The second-order valence-electron chi connectivity index (χ2n) is 16.5. The third-order valence-electron chi connectivity index (χ3n) is 12.7. The number of aromatic amines is 2. The summed E-state index contributed by atoms with van der Waals surface area (Å²) in [7, 11) is 2.58. The molecule has 9 rings (SSSR count). The van der Waals surface area contributed by atoms with Crippen LogP contribution in [0.2, 0.25) is 0 Å². The first kappa shape index (κ1) is 42.2. The molecule has 0 radical (unpaired) electrons. The number of benzene rings is 3. The molecule has 0 spiro atoms. The molecule has 3 aromatic heterocycles. The highest BCUT2D eigenvalue weighted by Crippen LogP contribution is 2.36. The molecular formula is C48H51N9O7. The SMILES string of the molecule is COC(=O)NC(C(=O)N1CCCC1c1ncc(-c2ccc(-c3ccc4cc(-c5cnc(C6CCCN6C(=O)C(NC(=O)OC)C6CCOCC6)[nH]5)ccc4c3)cn2)[nH]1)c1ccccc1. The summed E-state index contributed by atoms with van der Waals surface area (Å²) >= 11 is 0. The number of alkyl carbamates (subject to hydrolysis) is 2. The number of aromatic nitrogens is 5. The number of hydrogen-bond donors (Lipinski definition) is 4. The van der Waals surface area contributed by atoms with E-state index in [0.29, 0.717) is 50.5 Å². The zero-order valence-electron chi connectivity index (χ0n) is 35.8. The van der Waals surface area contributed by atoms with Crippen molar-refractivity contribution in [3.63, 3.8) is 0 Å². The highest BCUT2D eigenvalue weighted by atomic mass is 16.5. The van der Waals surface area contributed by atoms with Crippen LogP contribution in [-0.2, 0) is 23.8 Å². The van der Waals surface area contributed by atoms with Crippen molar-refractivity contribution in [2.45, 2.75) is 62.7 Å². The molecule has 0 aliphatic carbocycles. The number of amides is 4. The van der Waals surface area contributed by atoms with Crippen LogP contribution in [0, 0.1) is 5.92 Å². The minimum atomic E-state index is -0.894. The summed E-state index contributed by atoms with van der Waals surface area (Å²) in [5.74, 6) is 1.01. The van der Waals surface area contributed by atoms with E-state index in [4.69, 9.17) is 24.2 Å². The van der Waals surface area contributed by atoms with Gasteiger partial charge in [-0.05, 0) is 84.5 Å². The number of pyridine rings is 1. The lowest BCUT2D eigenvalue weighted by atomic mass is 9.90. The Morgan fingerprint density at radius 2 is 1.25 bits per heavy atom. The average Bonchev–Trinajstić information content (AvgIpc) is 4.20. The van der Waals surface area contributed by atoms with E-state index in [0.717, 1.165) is 76.1 Å². The number of H-pyrrole nitrogens is 2. The van der Waals surface area contributed by atoms with Gasteiger partial charge in [0.05, 0.1) is 55.8 Å². The topological polar surface area (TPSA) is 197 Å². The van der Waals surface area contributed by atoms with Gasteiger partial charge in [0.15, 0.2) is 0 Å². The number of fused-ring (bicyclic) bond motifs is 1. The van der Waals surface area contributed by atoms with Crippen LogP contribution in [-0.4, -0.2) is 105 Å². The first-order chi connectivity index (χ1) is 31.3. The minimum Gasteiger partial charge on any atom is -0.453 e. The maximum Gasteiger partial charge on any atom is 0.407 e. The Bertz CT molecular complexity index is 2620. The standard InChI is InChI=1S/C48H51N9O7/c1-62-47(60)54-41(29-8-4-3-5-9-29)45(58)57-21-7-11-40(57)44-51-28-38(53-44)36-17-16-35(26-49-36)33-13-12-32-25-34(15-14-31(32)24-33)37-27-50-43(52-37)39-10-6-20-56(39)46(59)42(55-48(61)63-2)30-18-22-64-23-19-30/h3-5,8-9,12-17,24-28,30,39-42H,6-7,10-11,18-23H2,1-2H3,(H,50,52)(H,51,53)(H,54,60)(H,55,61). The van der Waals surface area contributed by atoms with E-state index in [-0.39, 0.29) is 29.8 Å². The second kappa shape index (κ2) is 18.7. The molecule has 4 amide bonds. The number of rotatable bonds is 11. The predicted molar refractivity (Wildman–Crippen MR) is 237 cm³/mol. The lowest BCUT2D eigenvalue weighted by Gasteiger charge is -2.34. The Hall–Kier alpha value is -7.07.